The summed E-state index contributed by atoms with van der Waals surface area (Å²) in [5, 5.41) is 0. The average molecular weight is 129 g/mol. The summed E-state index contributed by atoms with van der Waals surface area (Å²) in [5.41, 5.74) is 0. The first-order valence-electron chi connectivity index (χ1n) is 2.83. The molecule has 0 spiro atoms. The molecule has 0 amide bonds. The van der Waals surface area contributed by atoms with Gasteiger partial charge in [-0.25, -0.2) is 9.79 Å². The minimum atomic E-state index is 0.316. The first kappa shape index (κ1) is 8.34. The van der Waals surface area contributed by atoms with Gasteiger partial charge >= 0.3 is 0 Å². The van der Waals surface area contributed by atoms with Crippen molar-refractivity contribution in [1.82, 2.24) is 0 Å². The fourth-order valence-corrected chi connectivity index (χ4v) is 0.530. The van der Waals surface area contributed by atoms with E-state index in [9.17, 15) is 4.79 Å². The SMILES string of the molecule is COCC(C)CN=C=O. The fourth-order valence-electron chi connectivity index (χ4n) is 0.530. The standard InChI is InChI=1S/C6H11NO2/c1-6(4-9-2)3-7-5-8/h6H,3-4H2,1-2H3. The molecule has 0 heterocycles. The highest BCUT2D eigenvalue weighted by Crippen LogP contribution is 1.93. The monoisotopic (exact) mass is 129 g/mol. The fraction of sp³-hybridized carbons (Fsp3) is 0.833. The second kappa shape index (κ2) is 5.48. The van der Waals surface area contributed by atoms with Gasteiger partial charge in [-0.2, -0.15) is 0 Å². The molecule has 0 N–H and O–H groups in total. The molecule has 0 rings (SSSR count). The van der Waals surface area contributed by atoms with Gasteiger partial charge in [0.1, 0.15) is 0 Å². The Balaban J connectivity index is 3.25. The molecule has 0 aliphatic rings. The molecule has 0 bridgehead atoms. The number of rotatable bonds is 4. The zero-order valence-electron chi connectivity index (χ0n) is 5.76. The number of carbonyl (C=O) groups excluding carboxylic acids is 1. The third-order valence-electron chi connectivity index (χ3n) is 0.919. The van der Waals surface area contributed by atoms with Crippen molar-refractivity contribution in [3.63, 3.8) is 0 Å². The van der Waals surface area contributed by atoms with Crippen molar-refractivity contribution < 1.29 is 9.53 Å². The summed E-state index contributed by atoms with van der Waals surface area (Å²) in [6, 6.07) is 0. The molecular formula is C6H11NO2. The highest BCUT2D eigenvalue weighted by atomic mass is 16.5. The van der Waals surface area contributed by atoms with Gasteiger partial charge in [-0.1, -0.05) is 6.92 Å². The predicted molar refractivity (Wildman–Crippen MR) is 34.0 cm³/mol. The van der Waals surface area contributed by atoms with Gasteiger partial charge in [-0.15, -0.1) is 0 Å². The van der Waals surface area contributed by atoms with Crippen LogP contribution < -0.4 is 0 Å². The average Bonchev–Trinajstić information content (AvgIpc) is 1.85. The highest BCUT2D eigenvalue weighted by molar-refractivity contribution is 5.32. The van der Waals surface area contributed by atoms with Gasteiger partial charge in [-0.05, 0) is 5.92 Å². The van der Waals surface area contributed by atoms with Crippen LogP contribution in [0.5, 0.6) is 0 Å². The van der Waals surface area contributed by atoms with E-state index in [2.05, 4.69) is 4.99 Å². The van der Waals surface area contributed by atoms with Crippen LogP contribution >= 0.6 is 0 Å². The smallest absolute Gasteiger partial charge is 0.234 e. The Morgan fingerprint density at radius 3 is 2.89 bits per heavy atom. The Labute approximate surface area is 54.7 Å². The molecule has 9 heavy (non-hydrogen) atoms. The lowest BCUT2D eigenvalue weighted by molar-refractivity contribution is 0.163. The van der Waals surface area contributed by atoms with E-state index in [1.54, 1.807) is 7.11 Å². The number of aliphatic imine (C=N–C) groups is 1. The van der Waals surface area contributed by atoms with Gasteiger partial charge in [0.2, 0.25) is 6.08 Å². The Morgan fingerprint density at radius 2 is 2.44 bits per heavy atom. The van der Waals surface area contributed by atoms with E-state index >= 15 is 0 Å². The lowest BCUT2D eigenvalue weighted by atomic mass is 10.2. The quantitative estimate of drug-likeness (QED) is 0.412. The summed E-state index contributed by atoms with van der Waals surface area (Å²) in [7, 11) is 1.63. The van der Waals surface area contributed by atoms with E-state index in [1.165, 1.54) is 6.08 Å². The highest BCUT2D eigenvalue weighted by Gasteiger charge is 1.97. The second-order valence-electron chi connectivity index (χ2n) is 1.99. The van der Waals surface area contributed by atoms with Gasteiger partial charge in [0.25, 0.3) is 0 Å². The predicted octanol–water partition coefficient (Wildman–Crippen LogP) is 0.605. The molecular weight excluding hydrogens is 118 g/mol. The first-order valence-corrected chi connectivity index (χ1v) is 2.83. The maximum absolute atomic E-state index is 9.58. The largest absolute Gasteiger partial charge is 0.384 e. The zero-order chi connectivity index (χ0) is 7.11. The number of isocyanates is 1. The van der Waals surface area contributed by atoms with Crippen LogP contribution in [0.4, 0.5) is 0 Å². The Bertz CT molecular complexity index is 108. The van der Waals surface area contributed by atoms with Crippen LogP contribution in [0.1, 0.15) is 6.92 Å². The van der Waals surface area contributed by atoms with Crippen molar-refractivity contribution in [1.29, 1.82) is 0 Å². The summed E-state index contributed by atoms with van der Waals surface area (Å²) in [5.74, 6) is 0.316. The van der Waals surface area contributed by atoms with Crippen LogP contribution in [0.3, 0.4) is 0 Å². The van der Waals surface area contributed by atoms with E-state index in [0.717, 1.165) is 0 Å². The van der Waals surface area contributed by atoms with Crippen LogP contribution in [0.2, 0.25) is 0 Å². The third-order valence-corrected chi connectivity index (χ3v) is 0.919. The van der Waals surface area contributed by atoms with Crippen LogP contribution in [-0.4, -0.2) is 26.3 Å². The van der Waals surface area contributed by atoms with E-state index < -0.39 is 0 Å². The van der Waals surface area contributed by atoms with Gasteiger partial charge in [0, 0.05) is 7.11 Å². The van der Waals surface area contributed by atoms with Crippen molar-refractivity contribution in [2.24, 2.45) is 10.9 Å². The molecule has 3 nitrogen and oxygen atoms in total. The first-order chi connectivity index (χ1) is 4.31. The summed E-state index contributed by atoms with van der Waals surface area (Å²) in [6.07, 6.45) is 1.48. The summed E-state index contributed by atoms with van der Waals surface area (Å²) >= 11 is 0. The lowest BCUT2D eigenvalue weighted by Crippen LogP contribution is -2.06. The van der Waals surface area contributed by atoms with E-state index in [1.807, 2.05) is 6.92 Å². The van der Waals surface area contributed by atoms with Crippen LogP contribution in [0, 0.1) is 5.92 Å². The van der Waals surface area contributed by atoms with Crippen molar-refractivity contribution in [3.8, 4) is 0 Å². The van der Waals surface area contributed by atoms with Crippen LogP contribution in [0.25, 0.3) is 0 Å². The van der Waals surface area contributed by atoms with Crippen molar-refractivity contribution in [2.45, 2.75) is 6.92 Å². The van der Waals surface area contributed by atoms with Gasteiger partial charge < -0.3 is 4.74 Å². The molecule has 1 atom stereocenters. The zero-order valence-corrected chi connectivity index (χ0v) is 5.76. The second-order valence-corrected chi connectivity index (χ2v) is 1.99. The van der Waals surface area contributed by atoms with Gasteiger partial charge in [0.15, 0.2) is 0 Å². The molecule has 0 fully saturated rings. The molecule has 0 aliphatic heterocycles. The van der Waals surface area contributed by atoms with Gasteiger partial charge in [0.05, 0.1) is 13.2 Å². The molecule has 0 aromatic carbocycles. The molecule has 0 aliphatic carbocycles. The molecule has 52 valence electrons. The topological polar surface area (TPSA) is 38.7 Å². The van der Waals surface area contributed by atoms with Gasteiger partial charge in [-0.3, -0.25) is 0 Å². The Kier molecular flexibility index (Phi) is 5.07. The molecule has 0 saturated carbocycles. The Morgan fingerprint density at radius 1 is 1.78 bits per heavy atom. The number of hydrogen-bond donors (Lipinski definition) is 0. The van der Waals surface area contributed by atoms with Crippen molar-refractivity contribution in [2.75, 3.05) is 20.3 Å². The summed E-state index contributed by atoms with van der Waals surface area (Å²) in [6.45, 7) is 3.12. The van der Waals surface area contributed by atoms with E-state index in [-0.39, 0.29) is 0 Å². The lowest BCUT2D eigenvalue weighted by Gasteiger charge is -2.02. The molecule has 0 aromatic heterocycles. The van der Waals surface area contributed by atoms with Crippen LogP contribution in [-0.2, 0) is 9.53 Å². The van der Waals surface area contributed by atoms with E-state index in [4.69, 9.17) is 4.74 Å². The number of hydrogen-bond acceptors (Lipinski definition) is 3. The van der Waals surface area contributed by atoms with Crippen molar-refractivity contribution >= 4 is 6.08 Å². The summed E-state index contributed by atoms with van der Waals surface area (Å²) < 4.78 is 4.81. The minimum absolute atomic E-state index is 0.316. The molecule has 3 heteroatoms. The maximum Gasteiger partial charge on any atom is 0.234 e. The molecule has 0 saturated heterocycles. The molecule has 1 unspecified atom stereocenters. The normalized spacial score (nSPS) is 12.2. The van der Waals surface area contributed by atoms with Crippen LogP contribution in [0.15, 0.2) is 4.99 Å². The third kappa shape index (κ3) is 5.21. The minimum Gasteiger partial charge on any atom is -0.384 e. The molecule has 0 aromatic rings. The molecule has 0 radical (unpaired) electrons. The Hall–Kier alpha value is -0.660. The van der Waals surface area contributed by atoms with E-state index in [0.29, 0.717) is 19.1 Å². The number of nitrogens with zero attached hydrogens (tertiary/aromatic N) is 1. The maximum atomic E-state index is 9.58. The number of methoxy groups -OCH3 is 1. The van der Waals surface area contributed by atoms with Crippen molar-refractivity contribution in [3.05, 3.63) is 0 Å². The summed E-state index contributed by atoms with van der Waals surface area (Å²) in [4.78, 5) is 13.0. The number of ether oxygens (including phenoxy) is 1.